The maximum Gasteiger partial charge on any atom is 0.0332 e. The number of hydrogen-bond acceptors (Lipinski definition) is 2. The van der Waals surface area contributed by atoms with Gasteiger partial charge in [-0.25, -0.2) is 0 Å². The van der Waals surface area contributed by atoms with Crippen LogP contribution in [-0.2, 0) is 0 Å². The number of hydrogen-bond donors (Lipinski definition) is 1. The van der Waals surface area contributed by atoms with Gasteiger partial charge in [-0.1, -0.05) is 36.8 Å². The summed E-state index contributed by atoms with van der Waals surface area (Å²) in [6.07, 6.45) is 1.16. The Balaban J connectivity index is 2.68. The summed E-state index contributed by atoms with van der Waals surface area (Å²) in [5.41, 5.74) is 2.74. The van der Waals surface area contributed by atoms with Crippen molar-refractivity contribution in [3.05, 3.63) is 35.4 Å². The first-order valence-corrected chi connectivity index (χ1v) is 6.08. The number of nitrogens with zero attached hydrogens (tertiary/aromatic N) is 1. The molecular weight excluding hydrogens is 196 g/mol. The van der Waals surface area contributed by atoms with Crippen LogP contribution in [0, 0.1) is 6.92 Å². The summed E-state index contributed by atoms with van der Waals surface area (Å²) in [5.74, 6) is 0. The zero-order valence-electron chi connectivity index (χ0n) is 11.0. The van der Waals surface area contributed by atoms with Crippen LogP contribution in [0.25, 0.3) is 0 Å². The quantitative estimate of drug-likeness (QED) is 0.792. The van der Waals surface area contributed by atoms with Crippen LogP contribution in [0.5, 0.6) is 0 Å². The maximum atomic E-state index is 3.55. The molecule has 1 rings (SSSR count). The Kier molecular flexibility index (Phi) is 5.50. The largest absolute Gasteiger partial charge is 0.310 e. The van der Waals surface area contributed by atoms with Gasteiger partial charge in [-0.15, -0.1) is 0 Å². The lowest BCUT2D eigenvalue weighted by molar-refractivity contribution is 0.363. The molecule has 1 aromatic carbocycles. The van der Waals surface area contributed by atoms with Crippen LogP contribution in [0.1, 0.15) is 30.5 Å². The predicted octanol–water partition coefficient (Wildman–Crippen LogP) is 2.60. The van der Waals surface area contributed by atoms with Gasteiger partial charge in [0, 0.05) is 6.04 Å². The average molecular weight is 220 g/mol. The van der Waals surface area contributed by atoms with Gasteiger partial charge < -0.3 is 10.2 Å². The molecule has 0 saturated carbocycles. The van der Waals surface area contributed by atoms with Gasteiger partial charge in [-0.3, -0.25) is 0 Å². The lowest BCUT2D eigenvalue weighted by atomic mass is 10.0. The third kappa shape index (κ3) is 4.33. The monoisotopic (exact) mass is 220 g/mol. The summed E-state index contributed by atoms with van der Waals surface area (Å²) in [6.45, 7) is 6.45. The Morgan fingerprint density at radius 1 is 1.31 bits per heavy atom. The van der Waals surface area contributed by atoms with Gasteiger partial charge in [0.1, 0.15) is 0 Å². The van der Waals surface area contributed by atoms with Crippen molar-refractivity contribution >= 4 is 0 Å². The van der Waals surface area contributed by atoms with E-state index in [4.69, 9.17) is 0 Å². The van der Waals surface area contributed by atoms with Crippen molar-refractivity contribution in [3.63, 3.8) is 0 Å². The first-order chi connectivity index (χ1) is 7.63. The number of rotatable bonds is 6. The molecule has 1 unspecified atom stereocenters. The fourth-order valence-electron chi connectivity index (χ4n) is 1.91. The van der Waals surface area contributed by atoms with Crippen LogP contribution in [0.4, 0.5) is 0 Å². The van der Waals surface area contributed by atoms with Gasteiger partial charge in [0.05, 0.1) is 0 Å². The van der Waals surface area contributed by atoms with Gasteiger partial charge in [-0.05, 0) is 46.1 Å². The smallest absolute Gasteiger partial charge is 0.0332 e. The molecule has 2 nitrogen and oxygen atoms in total. The summed E-state index contributed by atoms with van der Waals surface area (Å²) in [7, 11) is 4.25. The Morgan fingerprint density at radius 3 is 2.62 bits per heavy atom. The molecule has 0 aliphatic carbocycles. The molecule has 0 spiro atoms. The van der Waals surface area contributed by atoms with Crippen molar-refractivity contribution in [1.29, 1.82) is 0 Å². The second-order valence-electron chi connectivity index (χ2n) is 4.62. The van der Waals surface area contributed by atoms with Crippen molar-refractivity contribution in [3.8, 4) is 0 Å². The Labute approximate surface area is 99.7 Å². The average Bonchev–Trinajstić information content (AvgIpc) is 2.24. The highest BCUT2D eigenvalue weighted by atomic mass is 15.1. The highest BCUT2D eigenvalue weighted by molar-refractivity contribution is 5.25. The first kappa shape index (κ1) is 13.2. The van der Waals surface area contributed by atoms with Crippen molar-refractivity contribution in [2.24, 2.45) is 0 Å². The minimum atomic E-state index is 0.479. The summed E-state index contributed by atoms with van der Waals surface area (Å²) < 4.78 is 0. The number of nitrogens with one attached hydrogen (secondary N) is 1. The van der Waals surface area contributed by atoms with Gasteiger partial charge in [-0.2, -0.15) is 0 Å². The van der Waals surface area contributed by atoms with Crippen molar-refractivity contribution in [2.75, 3.05) is 27.2 Å². The van der Waals surface area contributed by atoms with E-state index in [0.717, 1.165) is 19.5 Å². The van der Waals surface area contributed by atoms with E-state index in [1.54, 1.807) is 0 Å². The summed E-state index contributed by atoms with van der Waals surface area (Å²) in [6, 6.07) is 9.27. The van der Waals surface area contributed by atoms with E-state index >= 15 is 0 Å². The van der Waals surface area contributed by atoms with Crippen molar-refractivity contribution in [1.82, 2.24) is 10.2 Å². The van der Waals surface area contributed by atoms with Crippen LogP contribution < -0.4 is 5.32 Å². The van der Waals surface area contributed by atoms with Crippen LogP contribution in [0.3, 0.4) is 0 Å². The number of aryl methyl sites for hydroxylation is 1. The van der Waals surface area contributed by atoms with Crippen LogP contribution in [-0.4, -0.2) is 32.1 Å². The molecule has 1 N–H and O–H groups in total. The highest BCUT2D eigenvalue weighted by Gasteiger charge is 2.10. The fourth-order valence-corrected chi connectivity index (χ4v) is 1.91. The molecule has 90 valence electrons. The van der Waals surface area contributed by atoms with Crippen molar-refractivity contribution in [2.45, 2.75) is 26.3 Å². The molecule has 2 heteroatoms. The van der Waals surface area contributed by atoms with Gasteiger partial charge in [0.15, 0.2) is 0 Å². The Bertz CT molecular complexity index is 307. The molecule has 1 atom stereocenters. The van der Waals surface area contributed by atoms with E-state index in [2.05, 4.69) is 62.4 Å². The summed E-state index contributed by atoms with van der Waals surface area (Å²) >= 11 is 0. The van der Waals surface area contributed by atoms with Gasteiger partial charge in [0.2, 0.25) is 0 Å². The zero-order chi connectivity index (χ0) is 12.0. The Hall–Kier alpha value is -0.860. The summed E-state index contributed by atoms with van der Waals surface area (Å²) in [4.78, 5) is 2.24. The normalized spacial score (nSPS) is 13.1. The molecular formula is C14H24N2. The molecule has 0 aliphatic rings. The topological polar surface area (TPSA) is 15.3 Å². The van der Waals surface area contributed by atoms with Crippen LogP contribution in [0.15, 0.2) is 24.3 Å². The van der Waals surface area contributed by atoms with Crippen molar-refractivity contribution < 1.29 is 0 Å². The van der Waals surface area contributed by atoms with E-state index in [1.165, 1.54) is 11.1 Å². The molecule has 0 fully saturated rings. The molecule has 0 aromatic heterocycles. The molecule has 16 heavy (non-hydrogen) atoms. The lowest BCUT2D eigenvalue weighted by Crippen LogP contribution is -2.25. The summed E-state index contributed by atoms with van der Waals surface area (Å²) in [5, 5.41) is 3.55. The van der Waals surface area contributed by atoms with Gasteiger partial charge >= 0.3 is 0 Å². The molecule has 0 bridgehead atoms. The first-order valence-electron chi connectivity index (χ1n) is 6.08. The van der Waals surface area contributed by atoms with Crippen LogP contribution in [0.2, 0.25) is 0 Å². The van der Waals surface area contributed by atoms with E-state index in [9.17, 15) is 0 Å². The van der Waals surface area contributed by atoms with E-state index < -0.39 is 0 Å². The Morgan fingerprint density at radius 2 is 2.06 bits per heavy atom. The molecule has 0 saturated heterocycles. The second-order valence-corrected chi connectivity index (χ2v) is 4.62. The molecule has 0 radical (unpaired) electrons. The fraction of sp³-hybridized carbons (Fsp3) is 0.571. The number of benzene rings is 1. The SMILES string of the molecule is CCNC(CCN(C)C)c1cccc(C)c1. The third-order valence-electron chi connectivity index (χ3n) is 2.76. The van der Waals surface area contributed by atoms with E-state index in [0.29, 0.717) is 6.04 Å². The van der Waals surface area contributed by atoms with Gasteiger partial charge in [0.25, 0.3) is 0 Å². The lowest BCUT2D eigenvalue weighted by Gasteiger charge is -2.21. The second kappa shape index (κ2) is 6.66. The zero-order valence-corrected chi connectivity index (χ0v) is 11.0. The third-order valence-corrected chi connectivity index (χ3v) is 2.76. The van der Waals surface area contributed by atoms with Crippen LogP contribution >= 0.6 is 0 Å². The standard InChI is InChI=1S/C14H24N2/c1-5-15-14(9-10-16(3)4)13-8-6-7-12(2)11-13/h6-8,11,14-15H,5,9-10H2,1-4H3. The molecule has 0 amide bonds. The molecule has 1 aromatic rings. The molecule has 0 aliphatic heterocycles. The predicted molar refractivity (Wildman–Crippen MR) is 70.8 cm³/mol. The molecule has 0 heterocycles. The van der Waals surface area contributed by atoms with E-state index in [1.807, 2.05) is 0 Å². The minimum Gasteiger partial charge on any atom is -0.310 e. The minimum absolute atomic E-state index is 0.479. The highest BCUT2D eigenvalue weighted by Crippen LogP contribution is 2.17. The van der Waals surface area contributed by atoms with E-state index in [-0.39, 0.29) is 0 Å². The maximum absolute atomic E-state index is 3.55.